The highest BCUT2D eigenvalue weighted by molar-refractivity contribution is 5.89. The molecule has 2 heterocycles. The van der Waals surface area contributed by atoms with Gasteiger partial charge in [-0.15, -0.1) is 0 Å². The highest BCUT2D eigenvalue weighted by Crippen LogP contribution is 2.24. The summed E-state index contributed by atoms with van der Waals surface area (Å²) in [5, 5.41) is 3.28. The van der Waals surface area contributed by atoms with Gasteiger partial charge in [-0.25, -0.2) is 0 Å². The molecule has 0 aromatic rings. The molecule has 2 rings (SSSR count). The lowest BCUT2D eigenvalue weighted by Gasteiger charge is -2.28. The zero-order valence-corrected chi connectivity index (χ0v) is 12.9. The molecule has 2 aliphatic rings. The summed E-state index contributed by atoms with van der Waals surface area (Å²) in [5.41, 5.74) is 0. The van der Waals surface area contributed by atoms with Gasteiger partial charge in [0.25, 0.3) is 0 Å². The second-order valence-corrected chi connectivity index (χ2v) is 6.18. The van der Waals surface area contributed by atoms with Gasteiger partial charge in [-0.1, -0.05) is 13.3 Å². The summed E-state index contributed by atoms with van der Waals surface area (Å²) < 4.78 is 0. The van der Waals surface area contributed by atoms with Crippen LogP contribution in [0.1, 0.15) is 39.5 Å². The Labute approximate surface area is 121 Å². The van der Waals surface area contributed by atoms with Crippen molar-refractivity contribution in [2.24, 2.45) is 5.92 Å². The summed E-state index contributed by atoms with van der Waals surface area (Å²) in [6.07, 6.45) is 3.47. The fraction of sp³-hybridized carbons (Fsp3) is 0.867. The van der Waals surface area contributed by atoms with E-state index in [9.17, 15) is 9.59 Å². The monoisotopic (exact) mass is 281 g/mol. The predicted molar refractivity (Wildman–Crippen MR) is 78.2 cm³/mol. The highest BCUT2D eigenvalue weighted by Gasteiger charge is 2.38. The molecular formula is C15H27N3O2. The van der Waals surface area contributed by atoms with Crippen molar-refractivity contribution >= 4 is 11.8 Å². The molecule has 0 aromatic carbocycles. The Morgan fingerprint density at radius 3 is 2.90 bits per heavy atom. The largest absolute Gasteiger partial charge is 0.341 e. The average molecular weight is 281 g/mol. The van der Waals surface area contributed by atoms with Gasteiger partial charge in [0.05, 0.1) is 5.92 Å². The van der Waals surface area contributed by atoms with Crippen LogP contribution < -0.4 is 5.32 Å². The third-order valence-corrected chi connectivity index (χ3v) is 4.68. The summed E-state index contributed by atoms with van der Waals surface area (Å²) in [7, 11) is 1.88. The Balaban J connectivity index is 1.93. The maximum Gasteiger partial charge on any atom is 0.228 e. The molecule has 2 amide bonds. The lowest BCUT2D eigenvalue weighted by atomic mass is 10.1. The van der Waals surface area contributed by atoms with Crippen LogP contribution >= 0.6 is 0 Å². The normalized spacial score (nSPS) is 27.9. The van der Waals surface area contributed by atoms with E-state index in [-0.39, 0.29) is 23.8 Å². The SMILES string of the molecule is CCCC(C)N1CC(C(=O)N(C)C2CCNC2)CC1=O. The summed E-state index contributed by atoms with van der Waals surface area (Å²) >= 11 is 0. The second kappa shape index (κ2) is 6.57. The van der Waals surface area contributed by atoms with Crippen LogP contribution in [0.3, 0.4) is 0 Å². The van der Waals surface area contributed by atoms with Crippen molar-refractivity contribution in [1.82, 2.24) is 15.1 Å². The molecule has 3 atom stereocenters. The van der Waals surface area contributed by atoms with E-state index >= 15 is 0 Å². The molecule has 0 aliphatic carbocycles. The van der Waals surface area contributed by atoms with Crippen LogP contribution in [0.2, 0.25) is 0 Å². The minimum atomic E-state index is -0.146. The van der Waals surface area contributed by atoms with Gasteiger partial charge in [-0.2, -0.15) is 0 Å². The summed E-state index contributed by atoms with van der Waals surface area (Å²) in [4.78, 5) is 28.4. The quantitative estimate of drug-likeness (QED) is 0.812. The van der Waals surface area contributed by atoms with Crippen molar-refractivity contribution in [2.75, 3.05) is 26.7 Å². The number of hydrogen-bond acceptors (Lipinski definition) is 3. The molecule has 0 saturated carbocycles. The highest BCUT2D eigenvalue weighted by atomic mass is 16.2. The van der Waals surface area contributed by atoms with Crippen LogP contribution in [0.15, 0.2) is 0 Å². The molecule has 0 bridgehead atoms. The number of nitrogens with one attached hydrogen (secondary N) is 1. The number of carbonyl (C=O) groups is 2. The summed E-state index contributed by atoms with van der Waals surface area (Å²) in [6, 6.07) is 0.545. The van der Waals surface area contributed by atoms with Gasteiger partial charge in [-0.05, 0) is 26.3 Å². The molecule has 114 valence electrons. The van der Waals surface area contributed by atoms with Gasteiger partial charge in [0.15, 0.2) is 0 Å². The van der Waals surface area contributed by atoms with E-state index < -0.39 is 0 Å². The van der Waals surface area contributed by atoms with Crippen LogP contribution in [0, 0.1) is 5.92 Å². The zero-order valence-electron chi connectivity index (χ0n) is 12.9. The Morgan fingerprint density at radius 2 is 2.30 bits per heavy atom. The first-order valence-electron chi connectivity index (χ1n) is 7.81. The minimum Gasteiger partial charge on any atom is -0.341 e. The van der Waals surface area contributed by atoms with E-state index in [0.29, 0.717) is 19.0 Å². The van der Waals surface area contributed by atoms with Gasteiger partial charge in [0.1, 0.15) is 0 Å². The van der Waals surface area contributed by atoms with E-state index in [1.807, 2.05) is 16.8 Å². The maximum absolute atomic E-state index is 12.5. The fourth-order valence-corrected chi connectivity index (χ4v) is 3.33. The van der Waals surface area contributed by atoms with Crippen LogP contribution in [0.5, 0.6) is 0 Å². The molecule has 5 heteroatoms. The first kappa shape index (κ1) is 15.3. The van der Waals surface area contributed by atoms with Crippen molar-refractivity contribution in [3.8, 4) is 0 Å². The van der Waals surface area contributed by atoms with E-state index in [1.54, 1.807) is 0 Å². The first-order chi connectivity index (χ1) is 9.54. The van der Waals surface area contributed by atoms with Crippen LogP contribution in [0.4, 0.5) is 0 Å². The van der Waals surface area contributed by atoms with Crippen molar-refractivity contribution in [1.29, 1.82) is 0 Å². The standard InChI is InChI=1S/C15H27N3O2/c1-4-5-11(2)18-10-12(8-14(18)19)15(20)17(3)13-6-7-16-9-13/h11-13,16H,4-10H2,1-3H3. The number of likely N-dealkylation sites (tertiary alicyclic amines) is 1. The van der Waals surface area contributed by atoms with Crippen LogP contribution in [-0.2, 0) is 9.59 Å². The Bertz CT molecular complexity index is 366. The van der Waals surface area contributed by atoms with E-state index in [4.69, 9.17) is 0 Å². The molecular weight excluding hydrogens is 254 g/mol. The van der Waals surface area contributed by atoms with Crippen LogP contribution in [-0.4, -0.2) is 60.4 Å². The number of amides is 2. The topological polar surface area (TPSA) is 52.7 Å². The van der Waals surface area contributed by atoms with E-state index in [1.165, 1.54) is 0 Å². The predicted octanol–water partition coefficient (Wildman–Crippen LogP) is 0.844. The van der Waals surface area contributed by atoms with Gasteiger partial charge in [0, 0.05) is 38.6 Å². The van der Waals surface area contributed by atoms with E-state index in [2.05, 4.69) is 19.2 Å². The molecule has 0 radical (unpaired) electrons. The summed E-state index contributed by atoms with van der Waals surface area (Å²) in [5.74, 6) is 0.132. The molecule has 3 unspecified atom stereocenters. The molecule has 2 fully saturated rings. The van der Waals surface area contributed by atoms with Crippen molar-refractivity contribution < 1.29 is 9.59 Å². The van der Waals surface area contributed by atoms with Gasteiger partial charge in [0.2, 0.25) is 11.8 Å². The third kappa shape index (κ3) is 3.14. The molecule has 2 aliphatic heterocycles. The zero-order chi connectivity index (χ0) is 14.7. The van der Waals surface area contributed by atoms with Gasteiger partial charge >= 0.3 is 0 Å². The number of rotatable bonds is 5. The number of carbonyl (C=O) groups excluding carboxylic acids is 2. The fourth-order valence-electron chi connectivity index (χ4n) is 3.33. The first-order valence-corrected chi connectivity index (χ1v) is 7.81. The van der Waals surface area contributed by atoms with Crippen LogP contribution in [0.25, 0.3) is 0 Å². The lowest BCUT2D eigenvalue weighted by Crippen LogP contribution is -2.43. The van der Waals surface area contributed by atoms with Gasteiger partial charge < -0.3 is 15.1 Å². The van der Waals surface area contributed by atoms with Crippen molar-refractivity contribution in [3.63, 3.8) is 0 Å². The molecule has 0 aromatic heterocycles. The van der Waals surface area contributed by atoms with Gasteiger partial charge in [-0.3, -0.25) is 9.59 Å². The molecule has 1 N–H and O–H groups in total. The Kier molecular flexibility index (Phi) is 5.02. The Hall–Kier alpha value is -1.10. The van der Waals surface area contributed by atoms with Crippen molar-refractivity contribution in [2.45, 2.75) is 51.6 Å². The van der Waals surface area contributed by atoms with Crippen molar-refractivity contribution in [3.05, 3.63) is 0 Å². The molecule has 20 heavy (non-hydrogen) atoms. The smallest absolute Gasteiger partial charge is 0.228 e. The molecule has 2 saturated heterocycles. The lowest BCUT2D eigenvalue weighted by molar-refractivity contribution is -0.136. The maximum atomic E-state index is 12.5. The second-order valence-electron chi connectivity index (χ2n) is 6.18. The summed E-state index contributed by atoms with van der Waals surface area (Å²) in [6.45, 7) is 6.66. The molecule has 5 nitrogen and oxygen atoms in total. The van der Waals surface area contributed by atoms with E-state index in [0.717, 1.165) is 32.4 Å². The molecule has 0 spiro atoms. The third-order valence-electron chi connectivity index (χ3n) is 4.68. The Morgan fingerprint density at radius 1 is 1.55 bits per heavy atom. The number of hydrogen-bond donors (Lipinski definition) is 1. The number of nitrogens with zero attached hydrogens (tertiary/aromatic N) is 2. The minimum absolute atomic E-state index is 0.137. The average Bonchev–Trinajstić information content (AvgIpc) is 3.06. The number of likely N-dealkylation sites (N-methyl/N-ethyl adjacent to an activating group) is 1.